The molecular formula is C12H23N2. The molecule has 2 atom stereocenters. The predicted molar refractivity (Wildman–Crippen MR) is 60.1 cm³/mol. The molecule has 0 saturated carbocycles. The molecule has 2 aliphatic rings. The largest absolute Gasteiger partial charge is 0.317 e. The first-order valence-electron chi connectivity index (χ1n) is 6.15. The van der Waals surface area contributed by atoms with Crippen molar-refractivity contribution >= 4 is 0 Å². The van der Waals surface area contributed by atoms with Gasteiger partial charge < -0.3 is 10.6 Å². The van der Waals surface area contributed by atoms with E-state index in [2.05, 4.69) is 24.0 Å². The fraction of sp³-hybridized carbons (Fsp3) is 0.917. The van der Waals surface area contributed by atoms with Gasteiger partial charge in [0.1, 0.15) is 0 Å². The second kappa shape index (κ2) is 5.13. The summed E-state index contributed by atoms with van der Waals surface area (Å²) in [7, 11) is 0. The van der Waals surface area contributed by atoms with Crippen molar-refractivity contribution in [3.8, 4) is 0 Å². The highest BCUT2D eigenvalue weighted by Crippen LogP contribution is 2.25. The molecule has 2 nitrogen and oxygen atoms in total. The fourth-order valence-corrected chi connectivity index (χ4v) is 2.76. The fourth-order valence-electron chi connectivity index (χ4n) is 2.76. The molecule has 14 heavy (non-hydrogen) atoms. The lowest BCUT2D eigenvalue weighted by molar-refractivity contribution is 0.354. The van der Waals surface area contributed by atoms with Gasteiger partial charge in [0, 0.05) is 6.04 Å². The minimum absolute atomic E-state index is 0.764. The molecule has 0 aromatic rings. The summed E-state index contributed by atoms with van der Waals surface area (Å²) in [4.78, 5) is 0. The zero-order chi connectivity index (χ0) is 9.80. The number of nitrogens with one attached hydrogen (secondary N) is 2. The third-order valence-electron chi connectivity index (χ3n) is 3.69. The molecule has 2 saturated heterocycles. The monoisotopic (exact) mass is 195 g/mol. The zero-order valence-electron chi connectivity index (χ0n) is 9.26. The average molecular weight is 195 g/mol. The quantitative estimate of drug-likeness (QED) is 0.714. The van der Waals surface area contributed by atoms with Gasteiger partial charge >= 0.3 is 0 Å². The van der Waals surface area contributed by atoms with E-state index in [1.807, 2.05) is 0 Å². The van der Waals surface area contributed by atoms with Crippen molar-refractivity contribution in [2.24, 2.45) is 11.8 Å². The molecule has 2 fully saturated rings. The van der Waals surface area contributed by atoms with Crippen molar-refractivity contribution < 1.29 is 0 Å². The number of hydrogen-bond acceptors (Lipinski definition) is 2. The topological polar surface area (TPSA) is 24.1 Å². The van der Waals surface area contributed by atoms with Crippen molar-refractivity contribution in [1.29, 1.82) is 0 Å². The highest BCUT2D eigenvalue weighted by Gasteiger charge is 2.24. The van der Waals surface area contributed by atoms with Gasteiger partial charge in [0.05, 0.1) is 0 Å². The van der Waals surface area contributed by atoms with Crippen LogP contribution >= 0.6 is 0 Å². The number of hydrogen-bond donors (Lipinski definition) is 2. The highest BCUT2D eigenvalue weighted by atomic mass is 14.9. The average Bonchev–Trinajstić information content (AvgIpc) is 2.72. The van der Waals surface area contributed by atoms with Crippen LogP contribution in [0.1, 0.15) is 32.6 Å². The molecule has 81 valence electrons. The van der Waals surface area contributed by atoms with Gasteiger partial charge in [-0.1, -0.05) is 6.92 Å². The normalized spacial score (nSPS) is 31.9. The van der Waals surface area contributed by atoms with E-state index in [0.717, 1.165) is 17.9 Å². The summed E-state index contributed by atoms with van der Waals surface area (Å²) in [5.41, 5.74) is 0. The highest BCUT2D eigenvalue weighted by molar-refractivity contribution is 4.92. The summed E-state index contributed by atoms with van der Waals surface area (Å²) in [6.07, 6.45) is 8.04. The minimum atomic E-state index is 0.764. The maximum Gasteiger partial charge on any atom is 0.00960 e. The van der Waals surface area contributed by atoms with Crippen LogP contribution in [0.15, 0.2) is 0 Å². The third-order valence-corrected chi connectivity index (χ3v) is 3.69. The van der Waals surface area contributed by atoms with E-state index in [1.165, 1.54) is 45.3 Å². The van der Waals surface area contributed by atoms with Gasteiger partial charge in [-0.2, -0.15) is 0 Å². The molecule has 0 amide bonds. The van der Waals surface area contributed by atoms with E-state index in [1.54, 1.807) is 0 Å². The Hall–Kier alpha value is -0.0800. The maximum absolute atomic E-state index is 3.60. The van der Waals surface area contributed by atoms with Crippen molar-refractivity contribution in [2.45, 2.75) is 38.6 Å². The van der Waals surface area contributed by atoms with E-state index in [9.17, 15) is 0 Å². The molecule has 0 aromatic heterocycles. The van der Waals surface area contributed by atoms with Crippen molar-refractivity contribution in [1.82, 2.24) is 10.6 Å². The van der Waals surface area contributed by atoms with Gasteiger partial charge in [-0.05, 0) is 63.6 Å². The van der Waals surface area contributed by atoms with Crippen molar-refractivity contribution in [3.63, 3.8) is 0 Å². The molecule has 2 N–H and O–H groups in total. The lowest BCUT2D eigenvalue weighted by Gasteiger charge is -2.27. The first kappa shape index (κ1) is 10.4. The molecule has 0 aliphatic carbocycles. The van der Waals surface area contributed by atoms with Crippen LogP contribution in [0.3, 0.4) is 0 Å². The Morgan fingerprint density at radius 2 is 1.93 bits per heavy atom. The molecule has 0 aromatic carbocycles. The maximum atomic E-state index is 3.60. The summed E-state index contributed by atoms with van der Waals surface area (Å²) < 4.78 is 0. The molecule has 0 spiro atoms. The van der Waals surface area contributed by atoms with E-state index in [4.69, 9.17) is 0 Å². The van der Waals surface area contributed by atoms with Gasteiger partial charge in [0.25, 0.3) is 0 Å². The smallest absolute Gasteiger partial charge is 0.00960 e. The Morgan fingerprint density at radius 3 is 2.57 bits per heavy atom. The molecule has 2 heteroatoms. The van der Waals surface area contributed by atoms with Gasteiger partial charge in [-0.3, -0.25) is 0 Å². The Balaban J connectivity index is 1.72. The minimum Gasteiger partial charge on any atom is -0.317 e. The van der Waals surface area contributed by atoms with Crippen LogP contribution in [0.5, 0.6) is 0 Å². The summed E-state index contributed by atoms with van der Waals surface area (Å²) in [6.45, 7) is 6.04. The summed E-state index contributed by atoms with van der Waals surface area (Å²) >= 11 is 0. The van der Waals surface area contributed by atoms with Crippen LogP contribution in [0.2, 0.25) is 0 Å². The standard InChI is InChI=1S/C12H23N2/c1-10(12-3-2-6-14-12)9-11-4-7-13-8-5-11/h9-14H,2-8H2,1H3. The lowest BCUT2D eigenvalue weighted by atomic mass is 9.85. The first-order valence-corrected chi connectivity index (χ1v) is 6.15. The molecule has 0 bridgehead atoms. The van der Waals surface area contributed by atoms with Crippen molar-refractivity contribution in [3.05, 3.63) is 6.42 Å². The Bertz CT molecular complexity index is 158. The van der Waals surface area contributed by atoms with Gasteiger partial charge in [-0.25, -0.2) is 0 Å². The van der Waals surface area contributed by atoms with Gasteiger partial charge in [-0.15, -0.1) is 0 Å². The first-order chi connectivity index (χ1) is 6.86. The zero-order valence-corrected chi connectivity index (χ0v) is 9.26. The van der Waals surface area contributed by atoms with Crippen molar-refractivity contribution in [2.75, 3.05) is 19.6 Å². The second-order valence-corrected chi connectivity index (χ2v) is 4.84. The van der Waals surface area contributed by atoms with E-state index < -0.39 is 0 Å². The van der Waals surface area contributed by atoms with Crippen LogP contribution < -0.4 is 10.6 Å². The molecule has 2 aliphatic heterocycles. The SMILES string of the molecule is CC([CH]C1CCNCC1)C1CCCN1. The molecule has 2 unspecified atom stereocenters. The third kappa shape index (κ3) is 2.71. The number of rotatable bonds is 3. The second-order valence-electron chi connectivity index (χ2n) is 4.84. The molecule has 1 radical (unpaired) electrons. The van der Waals surface area contributed by atoms with Crippen LogP contribution in [0.25, 0.3) is 0 Å². The Morgan fingerprint density at radius 1 is 1.14 bits per heavy atom. The van der Waals surface area contributed by atoms with Crippen LogP contribution in [-0.4, -0.2) is 25.7 Å². The summed E-state index contributed by atoms with van der Waals surface area (Å²) in [6, 6.07) is 0.768. The lowest BCUT2D eigenvalue weighted by Crippen LogP contribution is -2.34. The number of piperidine rings is 1. The predicted octanol–water partition coefficient (Wildman–Crippen LogP) is 1.58. The van der Waals surface area contributed by atoms with Gasteiger partial charge in [0.15, 0.2) is 0 Å². The van der Waals surface area contributed by atoms with Crippen LogP contribution in [0.4, 0.5) is 0 Å². The van der Waals surface area contributed by atoms with Gasteiger partial charge in [0.2, 0.25) is 0 Å². The Kier molecular flexibility index (Phi) is 3.82. The molecule has 2 rings (SSSR count). The van der Waals surface area contributed by atoms with Crippen LogP contribution in [-0.2, 0) is 0 Å². The van der Waals surface area contributed by atoms with E-state index in [0.29, 0.717) is 0 Å². The summed E-state index contributed by atoms with van der Waals surface area (Å²) in [5.74, 6) is 1.63. The van der Waals surface area contributed by atoms with E-state index >= 15 is 0 Å². The van der Waals surface area contributed by atoms with Crippen LogP contribution in [0, 0.1) is 18.3 Å². The van der Waals surface area contributed by atoms with E-state index in [-0.39, 0.29) is 0 Å². The Labute approximate surface area is 87.8 Å². The summed E-state index contributed by atoms with van der Waals surface area (Å²) in [5, 5.41) is 7.02. The molecule has 2 heterocycles. The molecular weight excluding hydrogens is 172 g/mol.